The molecule has 0 bridgehead atoms. The predicted octanol–water partition coefficient (Wildman–Crippen LogP) is 5.37. The van der Waals surface area contributed by atoms with E-state index in [0.29, 0.717) is 11.3 Å². The van der Waals surface area contributed by atoms with Crippen molar-refractivity contribution >= 4 is 40.4 Å². The fourth-order valence-electron chi connectivity index (χ4n) is 4.46. The highest BCUT2D eigenvalue weighted by molar-refractivity contribution is 8.00. The second kappa shape index (κ2) is 11.4. The number of para-hydroxylation sites is 1. The molecule has 0 atom stereocenters. The van der Waals surface area contributed by atoms with Gasteiger partial charge in [0.05, 0.1) is 28.6 Å². The summed E-state index contributed by atoms with van der Waals surface area (Å²) in [6.45, 7) is 0.515. The Labute approximate surface area is 232 Å². The SMILES string of the molecule is COc1cc(NSc2cccc3cccnc23)ccc1C(=O)N1CCN(C(=O)c2cccnc2C(F)(F)F)CC1. The number of nitrogens with one attached hydrogen (secondary N) is 1. The van der Waals surface area contributed by atoms with Crippen LogP contribution in [0.5, 0.6) is 5.75 Å². The van der Waals surface area contributed by atoms with Crippen LogP contribution in [0.25, 0.3) is 10.9 Å². The van der Waals surface area contributed by atoms with Crippen LogP contribution in [0.4, 0.5) is 18.9 Å². The molecule has 12 heteroatoms. The van der Waals surface area contributed by atoms with E-state index >= 15 is 0 Å². The van der Waals surface area contributed by atoms with Crippen LogP contribution in [-0.2, 0) is 6.18 Å². The highest BCUT2D eigenvalue weighted by Gasteiger charge is 2.38. The lowest BCUT2D eigenvalue weighted by molar-refractivity contribution is -0.141. The van der Waals surface area contributed by atoms with Gasteiger partial charge in [-0.05, 0) is 48.3 Å². The van der Waals surface area contributed by atoms with Crippen molar-refractivity contribution in [3.05, 3.63) is 89.9 Å². The lowest BCUT2D eigenvalue weighted by atomic mass is 10.1. The number of benzene rings is 2. The summed E-state index contributed by atoms with van der Waals surface area (Å²) in [5.41, 5.74) is 0.218. The molecule has 1 fully saturated rings. The van der Waals surface area contributed by atoms with E-state index in [0.717, 1.165) is 33.7 Å². The number of alkyl halides is 3. The summed E-state index contributed by atoms with van der Waals surface area (Å²) >= 11 is 1.39. The number of carbonyl (C=O) groups excluding carboxylic acids is 2. The Morgan fingerprint density at radius 3 is 2.23 bits per heavy atom. The summed E-state index contributed by atoms with van der Waals surface area (Å²) in [6.07, 6.45) is -2.00. The summed E-state index contributed by atoms with van der Waals surface area (Å²) in [6, 6.07) is 17.3. The first-order chi connectivity index (χ1) is 19.3. The van der Waals surface area contributed by atoms with Crippen LogP contribution in [0.15, 0.2) is 78.0 Å². The van der Waals surface area contributed by atoms with E-state index in [1.54, 1.807) is 29.3 Å². The Balaban J connectivity index is 1.24. The van der Waals surface area contributed by atoms with Crippen molar-refractivity contribution in [3.8, 4) is 5.75 Å². The van der Waals surface area contributed by atoms with Gasteiger partial charge in [-0.2, -0.15) is 13.2 Å². The molecule has 1 aliphatic heterocycles. The molecule has 2 amide bonds. The molecule has 0 saturated carbocycles. The number of aromatic nitrogens is 2. The Morgan fingerprint density at radius 1 is 0.875 bits per heavy atom. The smallest absolute Gasteiger partial charge is 0.434 e. The third-order valence-electron chi connectivity index (χ3n) is 6.47. The van der Waals surface area contributed by atoms with Crippen LogP contribution >= 0.6 is 11.9 Å². The average molecular weight is 568 g/mol. The number of nitrogens with zero attached hydrogens (tertiary/aromatic N) is 4. The molecular weight excluding hydrogens is 543 g/mol. The molecule has 1 saturated heterocycles. The second-order valence-electron chi connectivity index (χ2n) is 8.93. The number of fused-ring (bicyclic) bond motifs is 1. The monoisotopic (exact) mass is 567 g/mol. The molecule has 1 aliphatic rings. The van der Waals surface area contributed by atoms with Crippen molar-refractivity contribution in [2.75, 3.05) is 38.0 Å². The van der Waals surface area contributed by atoms with Gasteiger partial charge in [-0.25, -0.2) is 0 Å². The summed E-state index contributed by atoms with van der Waals surface area (Å²) in [5, 5.41) is 1.02. The molecule has 0 unspecified atom stereocenters. The Morgan fingerprint density at radius 2 is 1.52 bits per heavy atom. The zero-order valence-corrected chi connectivity index (χ0v) is 22.1. The highest BCUT2D eigenvalue weighted by atomic mass is 32.2. The average Bonchev–Trinajstić information content (AvgIpc) is 2.98. The predicted molar refractivity (Wildman–Crippen MR) is 145 cm³/mol. The van der Waals surface area contributed by atoms with Gasteiger partial charge in [0.2, 0.25) is 0 Å². The fourth-order valence-corrected chi connectivity index (χ4v) is 5.23. The third-order valence-corrected chi connectivity index (χ3v) is 7.35. The number of hydrogen-bond acceptors (Lipinski definition) is 7. The molecule has 8 nitrogen and oxygen atoms in total. The van der Waals surface area contributed by atoms with E-state index in [-0.39, 0.29) is 32.1 Å². The van der Waals surface area contributed by atoms with E-state index in [4.69, 9.17) is 4.74 Å². The first-order valence-corrected chi connectivity index (χ1v) is 13.1. The first kappa shape index (κ1) is 27.3. The number of amides is 2. The topological polar surface area (TPSA) is 87.7 Å². The van der Waals surface area contributed by atoms with Crippen molar-refractivity contribution in [1.29, 1.82) is 0 Å². The Bertz CT molecular complexity index is 1550. The second-order valence-corrected chi connectivity index (χ2v) is 9.78. The van der Waals surface area contributed by atoms with Gasteiger partial charge in [0.25, 0.3) is 11.8 Å². The van der Waals surface area contributed by atoms with Crippen LogP contribution in [0.1, 0.15) is 26.4 Å². The molecule has 2 aromatic heterocycles. The quantitative estimate of drug-likeness (QED) is 0.313. The Kier molecular flexibility index (Phi) is 7.78. The molecule has 40 heavy (non-hydrogen) atoms. The van der Waals surface area contributed by atoms with Crippen molar-refractivity contribution in [2.24, 2.45) is 0 Å². The summed E-state index contributed by atoms with van der Waals surface area (Å²) in [7, 11) is 1.47. The largest absolute Gasteiger partial charge is 0.496 e. The minimum Gasteiger partial charge on any atom is -0.496 e. The summed E-state index contributed by atoms with van der Waals surface area (Å²) in [5.74, 6) is -0.687. The lowest BCUT2D eigenvalue weighted by Gasteiger charge is -2.35. The highest BCUT2D eigenvalue weighted by Crippen LogP contribution is 2.32. The minimum absolute atomic E-state index is 0.0917. The van der Waals surface area contributed by atoms with Gasteiger partial charge in [0.15, 0.2) is 5.69 Å². The molecule has 0 spiro atoms. The van der Waals surface area contributed by atoms with Gasteiger partial charge in [-0.15, -0.1) is 0 Å². The normalized spacial score (nSPS) is 13.8. The van der Waals surface area contributed by atoms with Gasteiger partial charge in [-0.3, -0.25) is 19.6 Å². The van der Waals surface area contributed by atoms with Gasteiger partial charge >= 0.3 is 6.18 Å². The molecular formula is C28H24F3N5O3S. The molecule has 2 aromatic carbocycles. The van der Waals surface area contributed by atoms with E-state index in [1.165, 1.54) is 30.0 Å². The number of carbonyl (C=O) groups is 2. The number of rotatable bonds is 6. The number of ether oxygens (including phenoxy) is 1. The number of halogens is 3. The van der Waals surface area contributed by atoms with Crippen LogP contribution < -0.4 is 9.46 Å². The molecule has 3 heterocycles. The minimum atomic E-state index is -4.74. The molecule has 1 N–H and O–H groups in total. The van der Waals surface area contributed by atoms with Crippen LogP contribution in [0, 0.1) is 0 Å². The molecule has 206 valence electrons. The van der Waals surface area contributed by atoms with Crippen molar-refractivity contribution in [2.45, 2.75) is 11.1 Å². The fraction of sp³-hybridized carbons (Fsp3) is 0.214. The number of anilines is 1. The molecule has 0 aliphatic carbocycles. The van der Waals surface area contributed by atoms with E-state index in [1.807, 2.05) is 30.3 Å². The van der Waals surface area contributed by atoms with Gasteiger partial charge < -0.3 is 19.3 Å². The van der Waals surface area contributed by atoms with Crippen molar-refractivity contribution < 1.29 is 27.5 Å². The van der Waals surface area contributed by atoms with Crippen LogP contribution in [-0.4, -0.2) is 64.9 Å². The van der Waals surface area contributed by atoms with Crippen LogP contribution in [0.2, 0.25) is 0 Å². The molecule has 0 radical (unpaired) electrons. The molecule has 5 rings (SSSR count). The number of methoxy groups -OCH3 is 1. The lowest BCUT2D eigenvalue weighted by Crippen LogP contribution is -2.51. The maximum absolute atomic E-state index is 13.3. The van der Waals surface area contributed by atoms with E-state index in [2.05, 4.69) is 14.7 Å². The van der Waals surface area contributed by atoms with Gasteiger partial charge in [0.1, 0.15) is 5.75 Å². The van der Waals surface area contributed by atoms with Gasteiger partial charge in [-0.1, -0.05) is 18.2 Å². The summed E-state index contributed by atoms with van der Waals surface area (Å²) < 4.78 is 48.7. The number of pyridine rings is 2. The van der Waals surface area contributed by atoms with Crippen LogP contribution in [0.3, 0.4) is 0 Å². The number of hydrogen-bond donors (Lipinski definition) is 1. The van der Waals surface area contributed by atoms with Crippen molar-refractivity contribution in [1.82, 2.24) is 19.8 Å². The first-order valence-electron chi connectivity index (χ1n) is 12.3. The third kappa shape index (κ3) is 5.67. The summed E-state index contributed by atoms with van der Waals surface area (Å²) in [4.78, 5) is 37.7. The maximum atomic E-state index is 13.3. The zero-order valence-electron chi connectivity index (χ0n) is 21.3. The van der Waals surface area contributed by atoms with E-state index < -0.39 is 23.3 Å². The van der Waals surface area contributed by atoms with E-state index in [9.17, 15) is 22.8 Å². The zero-order chi connectivity index (χ0) is 28.3. The maximum Gasteiger partial charge on any atom is 0.434 e. The Hall–Kier alpha value is -4.32. The van der Waals surface area contributed by atoms with Crippen molar-refractivity contribution in [3.63, 3.8) is 0 Å². The molecule has 4 aromatic rings. The number of piperazine rings is 1. The van der Waals surface area contributed by atoms with Gasteiger partial charge in [0, 0.05) is 55.7 Å². The standard InChI is InChI=1S/C28H24F3N5O3S/c1-39-22-17-19(34-40-23-8-2-5-18-6-3-11-32-24(18)23)9-10-20(22)26(37)35-13-15-36(16-14-35)27(38)21-7-4-12-33-25(21)28(29,30)31/h2-12,17,34H,13-16H2,1H3.